The first kappa shape index (κ1) is 17.5. The van der Waals surface area contributed by atoms with Gasteiger partial charge in [-0.15, -0.1) is 0 Å². The van der Waals surface area contributed by atoms with Crippen molar-refractivity contribution >= 4 is 29.2 Å². The summed E-state index contributed by atoms with van der Waals surface area (Å²) in [5.41, 5.74) is 1.36. The van der Waals surface area contributed by atoms with Gasteiger partial charge in [-0.2, -0.15) is 0 Å². The van der Waals surface area contributed by atoms with Crippen molar-refractivity contribution in [2.75, 3.05) is 16.8 Å². The molecule has 0 radical (unpaired) electrons. The molecule has 6 nitrogen and oxygen atoms in total. The van der Waals surface area contributed by atoms with E-state index in [0.717, 1.165) is 30.5 Å². The number of carbonyl (C=O) groups excluding carboxylic acids is 2. The lowest BCUT2D eigenvalue weighted by molar-refractivity contribution is -0.150. The summed E-state index contributed by atoms with van der Waals surface area (Å²) in [7, 11) is 0. The summed E-state index contributed by atoms with van der Waals surface area (Å²) in [5, 5.41) is 12.4. The Morgan fingerprint density at radius 3 is 2.56 bits per heavy atom. The second kappa shape index (κ2) is 6.86. The van der Waals surface area contributed by atoms with Crippen LogP contribution in [0.25, 0.3) is 0 Å². The van der Waals surface area contributed by atoms with Gasteiger partial charge in [0.2, 0.25) is 11.8 Å². The van der Waals surface area contributed by atoms with E-state index < -0.39 is 11.4 Å². The minimum atomic E-state index is -0.930. The minimum Gasteiger partial charge on any atom is -0.481 e. The summed E-state index contributed by atoms with van der Waals surface area (Å²) < 4.78 is 0. The number of carbonyl (C=O) groups is 3. The summed E-state index contributed by atoms with van der Waals surface area (Å²) in [6.45, 7) is 2.57. The van der Waals surface area contributed by atoms with E-state index in [1.807, 2.05) is 19.1 Å². The second-order valence-electron chi connectivity index (χ2n) is 7.12. The van der Waals surface area contributed by atoms with Gasteiger partial charge in [0.25, 0.3) is 0 Å². The van der Waals surface area contributed by atoms with Gasteiger partial charge in [0.1, 0.15) is 0 Å². The first-order valence-electron chi connectivity index (χ1n) is 8.86. The van der Waals surface area contributed by atoms with E-state index in [9.17, 15) is 19.5 Å². The third-order valence-corrected chi connectivity index (χ3v) is 5.46. The van der Waals surface area contributed by atoms with E-state index >= 15 is 0 Å². The predicted octanol–water partition coefficient (Wildman–Crippen LogP) is 3.10. The van der Waals surface area contributed by atoms with Crippen molar-refractivity contribution in [3.8, 4) is 0 Å². The van der Waals surface area contributed by atoms with E-state index in [0.29, 0.717) is 31.5 Å². The maximum absolute atomic E-state index is 12.5. The smallest absolute Gasteiger partial charge is 0.310 e. The Morgan fingerprint density at radius 2 is 1.96 bits per heavy atom. The van der Waals surface area contributed by atoms with Gasteiger partial charge in [-0.1, -0.05) is 18.9 Å². The van der Waals surface area contributed by atoms with Crippen molar-refractivity contribution in [2.45, 2.75) is 51.9 Å². The molecule has 1 aromatic rings. The summed E-state index contributed by atoms with van der Waals surface area (Å²) >= 11 is 0. The molecule has 2 amide bonds. The van der Waals surface area contributed by atoms with Gasteiger partial charge >= 0.3 is 5.97 Å². The van der Waals surface area contributed by atoms with Crippen LogP contribution in [0.2, 0.25) is 0 Å². The zero-order chi connectivity index (χ0) is 18.0. The quantitative estimate of drug-likeness (QED) is 0.859. The Labute approximate surface area is 147 Å². The van der Waals surface area contributed by atoms with Gasteiger partial charge < -0.3 is 15.3 Å². The molecule has 134 valence electrons. The Hall–Kier alpha value is -2.37. The van der Waals surface area contributed by atoms with E-state index in [2.05, 4.69) is 5.32 Å². The van der Waals surface area contributed by atoms with Crippen LogP contribution in [0.4, 0.5) is 11.4 Å². The van der Waals surface area contributed by atoms with E-state index in [1.54, 1.807) is 11.0 Å². The third kappa shape index (κ3) is 3.38. The standard InChI is InChI=1S/C19H24N2O4/c1-13-14(6-4-7-15(13)21-11-5-8-17(21)23)20-16(22)12-19(18(24)25)9-2-3-10-19/h4,6-7H,2-3,5,8-12H2,1H3,(H,20,22)(H,24,25). The molecule has 0 bridgehead atoms. The summed E-state index contributed by atoms with van der Waals surface area (Å²) in [6.07, 6.45) is 4.20. The molecule has 2 aliphatic rings. The van der Waals surface area contributed by atoms with Crippen molar-refractivity contribution in [3.63, 3.8) is 0 Å². The highest BCUT2D eigenvalue weighted by molar-refractivity contribution is 5.99. The largest absolute Gasteiger partial charge is 0.481 e. The van der Waals surface area contributed by atoms with Crippen LogP contribution < -0.4 is 10.2 Å². The van der Waals surface area contributed by atoms with Crippen LogP contribution in [-0.2, 0) is 14.4 Å². The van der Waals surface area contributed by atoms with Crippen LogP contribution >= 0.6 is 0 Å². The van der Waals surface area contributed by atoms with E-state index in [-0.39, 0.29) is 18.2 Å². The lowest BCUT2D eigenvalue weighted by atomic mass is 9.82. The fraction of sp³-hybridized carbons (Fsp3) is 0.526. The number of carboxylic acid groups (broad SMARTS) is 1. The molecule has 1 saturated carbocycles. The highest BCUT2D eigenvalue weighted by Crippen LogP contribution is 2.41. The van der Waals surface area contributed by atoms with Gasteiger partial charge in [-0.05, 0) is 43.9 Å². The average Bonchev–Trinajstić information content (AvgIpc) is 3.19. The molecule has 1 heterocycles. The highest BCUT2D eigenvalue weighted by atomic mass is 16.4. The number of nitrogens with zero attached hydrogens (tertiary/aromatic N) is 1. The summed E-state index contributed by atoms with van der Waals surface area (Å²) in [4.78, 5) is 37.8. The Bertz CT molecular complexity index is 707. The number of anilines is 2. The third-order valence-electron chi connectivity index (χ3n) is 5.46. The van der Waals surface area contributed by atoms with Gasteiger partial charge in [-0.25, -0.2) is 0 Å². The van der Waals surface area contributed by atoms with E-state index in [4.69, 9.17) is 0 Å². The number of amides is 2. The molecular weight excluding hydrogens is 320 g/mol. The van der Waals surface area contributed by atoms with Crippen molar-refractivity contribution in [3.05, 3.63) is 23.8 Å². The number of rotatable bonds is 5. The molecule has 3 rings (SSSR count). The highest BCUT2D eigenvalue weighted by Gasteiger charge is 2.43. The molecular formula is C19H24N2O4. The number of hydrogen-bond acceptors (Lipinski definition) is 3. The van der Waals surface area contributed by atoms with Crippen molar-refractivity contribution in [1.82, 2.24) is 0 Å². The molecule has 1 saturated heterocycles. The molecule has 1 aromatic carbocycles. The second-order valence-corrected chi connectivity index (χ2v) is 7.12. The number of aliphatic carboxylic acids is 1. The molecule has 25 heavy (non-hydrogen) atoms. The van der Waals surface area contributed by atoms with Crippen LogP contribution in [0.5, 0.6) is 0 Å². The SMILES string of the molecule is Cc1c(NC(=O)CC2(C(=O)O)CCCC2)cccc1N1CCCC1=O. The molecule has 0 spiro atoms. The molecule has 1 aliphatic carbocycles. The molecule has 1 aliphatic heterocycles. The van der Waals surface area contributed by atoms with Crippen LogP contribution in [0, 0.1) is 12.3 Å². The van der Waals surface area contributed by atoms with Crippen LogP contribution in [0.1, 0.15) is 50.5 Å². The first-order valence-corrected chi connectivity index (χ1v) is 8.86. The lowest BCUT2D eigenvalue weighted by Crippen LogP contribution is -2.33. The minimum absolute atomic E-state index is 0.00531. The predicted molar refractivity (Wildman–Crippen MR) is 94.5 cm³/mol. The average molecular weight is 344 g/mol. The maximum Gasteiger partial charge on any atom is 0.310 e. The topological polar surface area (TPSA) is 86.7 Å². The van der Waals surface area contributed by atoms with Crippen LogP contribution in [0.15, 0.2) is 18.2 Å². The lowest BCUT2D eigenvalue weighted by Gasteiger charge is -2.24. The maximum atomic E-state index is 12.5. The molecule has 0 aromatic heterocycles. The van der Waals surface area contributed by atoms with Crippen molar-refractivity contribution in [1.29, 1.82) is 0 Å². The normalized spacial score (nSPS) is 19.2. The molecule has 0 atom stereocenters. The molecule has 6 heteroatoms. The van der Waals surface area contributed by atoms with Gasteiger partial charge in [0.15, 0.2) is 0 Å². The molecule has 2 fully saturated rings. The Kier molecular flexibility index (Phi) is 4.79. The van der Waals surface area contributed by atoms with E-state index in [1.165, 1.54) is 0 Å². The zero-order valence-electron chi connectivity index (χ0n) is 14.5. The van der Waals surface area contributed by atoms with Gasteiger partial charge in [0, 0.05) is 30.8 Å². The number of hydrogen-bond donors (Lipinski definition) is 2. The van der Waals surface area contributed by atoms with Crippen LogP contribution in [0.3, 0.4) is 0 Å². The molecule has 2 N–H and O–H groups in total. The Balaban J connectivity index is 1.75. The van der Waals surface area contributed by atoms with Gasteiger partial charge in [0.05, 0.1) is 5.41 Å². The monoisotopic (exact) mass is 344 g/mol. The van der Waals surface area contributed by atoms with Crippen molar-refractivity contribution < 1.29 is 19.5 Å². The number of benzene rings is 1. The number of nitrogens with one attached hydrogen (secondary N) is 1. The van der Waals surface area contributed by atoms with Crippen LogP contribution in [-0.4, -0.2) is 29.4 Å². The Morgan fingerprint density at radius 1 is 1.24 bits per heavy atom. The van der Waals surface area contributed by atoms with Crippen molar-refractivity contribution in [2.24, 2.45) is 5.41 Å². The zero-order valence-corrected chi connectivity index (χ0v) is 14.5. The summed E-state index contributed by atoms with van der Waals surface area (Å²) in [5.74, 6) is -1.06. The fourth-order valence-electron chi connectivity index (χ4n) is 3.97. The summed E-state index contributed by atoms with van der Waals surface area (Å²) in [6, 6.07) is 5.48. The molecule has 0 unspecified atom stereocenters. The van der Waals surface area contributed by atoms with Gasteiger partial charge in [-0.3, -0.25) is 14.4 Å². The first-order chi connectivity index (χ1) is 11.9. The number of carboxylic acids is 1. The fourth-order valence-corrected chi connectivity index (χ4v) is 3.97.